The monoisotopic (exact) mass is 690 g/mol. The van der Waals surface area contributed by atoms with Crippen molar-refractivity contribution in [1.82, 2.24) is 19.5 Å². The maximum atomic E-state index is 5.23. The number of hydrogen-bond acceptors (Lipinski definition) is 2. The molecular formula is C44H27BrN4. The highest BCUT2D eigenvalue weighted by Gasteiger charge is 2.19. The van der Waals surface area contributed by atoms with Gasteiger partial charge in [0.15, 0.2) is 0 Å². The van der Waals surface area contributed by atoms with Crippen LogP contribution in [0.1, 0.15) is 0 Å². The van der Waals surface area contributed by atoms with Crippen LogP contribution < -0.4 is 0 Å². The van der Waals surface area contributed by atoms with Crippen molar-refractivity contribution in [3.63, 3.8) is 0 Å². The summed E-state index contributed by atoms with van der Waals surface area (Å²) in [5.74, 6) is 0.662. The van der Waals surface area contributed by atoms with Gasteiger partial charge in [0.25, 0.3) is 0 Å². The number of halogens is 1. The van der Waals surface area contributed by atoms with Crippen molar-refractivity contribution in [2.24, 2.45) is 0 Å². The Labute approximate surface area is 290 Å². The maximum absolute atomic E-state index is 5.23. The van der Waals surface area contributed by atoms with Crippen LogP contribution in [0, 0.1) is 0 Å². The highest BCUT2D eigenvalue weighted by molar-refractivity contribution is 9.10. The minimum absolute atomic E-state index is 0.662. The van der Waals surface area contributed by atoms with Crippen molar-refractivity contribution >= 4 is 70.3 Å². The van der Waals surface area contributed by atoms with Crippen LogP contribution in [0.4, 0.5) is 0 Å². The summed E-state index contributed by atoms with van der Waals surface area (Å²) < 4.78 is 3.27. The van der Waals surface area contributed by atoms with Crippen LogP contribution >= 0.6 is 15.9 Å². The van der Waals surface area contributed by atoms with E-state index in [9.17, 15) is 0 Å². The SMILES string of the molecule is Brc1c(-c2cccc3ccccc23)[nH]c2ccc(-c3ccc4c(c3)c3ccccc3n4-c3nc(-c4ccccc4)c4ccccc4n3)cc12. The molecule has 0 unspecified atom stereocenters. The maximum Gasteiger partial charge on any atom is 0.235 e. The van der Waals surface area contributed by atoms with E-state index in [2.05, 4.69) is 165 Å². The third-order valence-corrected chi connectivity index (χ3v) is 10.5. The van der Waals surface area contributed by atoms with Gasteiger partial charge in [0.1, 0.15) is 0 Å². The second-order valence-electron chi connectivity index (χ2n) is 12.4. The molecule has 0 spiro atoms. The first kappa shape index (κ1) is 28.0. The zero-order valence-electron chi connectivity index (χ0n) is 26.2. The van der Waals surface area contributed by atoms with Crippen molar-refractivity contribution in [2.45, 2.75) is 0 Å². The highest BCUT2D eigenvalue weighted by Crippen LogP contribution is 2.41. The summed E-state index contributed by atoms with van der Waals surface area (Å²) in [6.07, 6.45) is 0. The van der Waals surface area contributed by atoms with E-state index in [1.54, 1.807) is 0 Å². The quantitative estimate of drug-likeness (QED) is 0.200. The Kier molecular flexibility index (Phi) is 6.30. The number of aromatic amines is 1. The van der Waals surface area contributed by atoms with E-state index in [1.165, 1.54) is 21.7 Å². The van der Waals surface area contributed by atoms with Crippen molar-refractivity contribution in [3.8, 4) is 39.6 Å². The Balaban J connectivity index is 1.14. The number of rotatable bonds is 4. The first-order valence-electron chi connectivity index (χ1n) is 16.4. The molecule has 230 valence electrons. The van der Waals surface area contributed by atoms with E-state index in [4.69, 9.17) is 9.97 Å². The summed E-state index contributed by atoms with van der Waals surface area (Å²) in [6.45, 7) is 0. The molecule has 5 heteroatoms. The second kappa shape index (κ2) is 11.0. The molecule has 4 nitrogen and oxygen atoms in total. The highest BCUT2D eigenvalue weighted by atomic mass is 79.9. The van der Waals surface area contributed by atoms with Gasteiger partial charge in [0, 0.05) is 38.2 Å². The predicted molar refractivity (Wildman–Crippen MR) is 207 cm³/mol. The van der Waals surface area contributed by atoms with Crippen molar-refractivity contribution in [2.75, 3.05) is 0 Å². The third-order valence-electron chi connectivity index (χ3n) is 9.64. The Bertz CT molecular complexity index is 2900. The van der Waals surface area contributed by atoms with Crippen LogP contribution in [-0.2, 0) is 0 Å². The third kappa shape index (κ3) is 4.43. The average molecular weight is 692 g/mol. The van der Waals surface area contributed by atoms with Gasteiger partial charge in [0.2, 0.25) is 5.95 Å². The molecule has 0 aliphatic rings. The largest absolute Gasteiger partial charge is 0.354 e. The molecule has 49 heavy (non-hydrogen) atoms. The lowest BCUT2D eigenvalue weighted by Crippen LogP contribution is -2.03. The first-order chi connectivity index (χ1) is 24.2. The van der Waals surface area contributed by atoms with E-state index in [0.717, 1.165) is 70.8 Å². The molecule has 7 aromatic carbocycles. The number of fused-ring (bicyclic) bond motifs is 6. The van der Waals surface area contributed by atoms with Crippen LogP contribution in [0.25, 0.3) is 94.0 Å². The molecule has 1 N–H and O–H groups in total. The zero-order chi connectivity index (χ0) is 32.5. The molecule has 0 atom stereocenters. The zero-order valence-corrected chi connectivity index (χ0v) is 27.8. The number of nitrogens with zero attached hydrogens (tertiary/aromatic N) is 3. The molecule has 3 heterocycles. The summed E-state index contributed by atoms with van der Waals surface area (Å²) in [5.41, 5.74) is 10.7. The molecular weight excluding hydrogens is 664 g/mol. The molecule has 3 aromatic heterocycles. The standard InChI is InChI=1S/C44H27BrN4/c45-41-36-26-29(21-23-38(36)46-43(41)33-18-10-14-27-11-4-5-15-31(27)33)30-22-24-40-35(25-30)32-16-7-9-20-39(32)49(40)44-47-37-19-8-6-17-34(37)42(48-44)28-12-2-1-3-13-28/h1-26,46H. The van der Waals surface area contributed by atoms with Gasteiger partial charge in [0.05, 0.1) is 32.4 Å². The molecule has 0 radical (unpaired) electrons. The van der Waals surface area contributed by atoms with Gasteiger partial charge in [-0.2, -0.15) is 0 Å². The van der Waals surface area contributed by atoms with E-state index in [0.29, 0.717) is 5.95 Å². The van der Waals surface area contributed by atoms with Crippen molar-refractivity contribution in [1.29, 1.82) is 0 Å². The van der Waals surface area contributed by atoms with E-state index in [1.807, 2.05) is 18.2 Å². The predicted octanol–water partition coefficient (Wildman–Crippen LogP) is 12.1. The summed E-state index contributed by atoms with van der Waals surface area (Å²) >= 11 is 3.97. The lowest BCUT2D eigenvalue weighted by Gasteiger charge is -2.12. The molecule has 0 aliphatic carbocycles. The van der Waals surface area contributed by atoms with Gasteiger partial charge in [-0.3, -0.25) is 4.57 Å². The van der Waals surface area contributed by atoms with Crippen molar-refractivity contribution < 1.29 is 0 Å². The second-order valence-corrected chi connectivity index (χ2v) is 13.2. The lowest BCUT2D eigenvalue weighted by molar-refractivity contribution is 1.01. The molecule has 0 bridgehead atoms. The number of para-hydroxylation sites is 2. The molecule has 0 saturated carbocycles. The van der Waals surface area contributed by atoms with E-state index >= 15 is 0 Å². The number of aromatic nitrogens is 4. The van der Waals surface area contributed by atoms with Gasteiger partial charge in [-0.05, 0) is 74.2 Å². The van der Waals surface area contributed by atoms with E-state index in [-0.39, 0.29) is 0 Å². The molecule has 0 aliphatic heterocycles. The van der Waals surface area contributed by atoms with Crippen LogP contribution in [0.2, 0.25) is 0 Å². The summed E-state index contributed by atoms with van der Waals surface area (Å²) in [4.78, 5) is 14.0. The lowest BCUT2D eigenvalue weighted by atomic mass is 10.0. The fourth-order valence-electron chi connectivity index (χ4n) is 7.32. The van der Waals surface area contributed by atoms with E-state index < -0.39 is 0 Å². The molecule has 0 amide bonds. The molecule has 10 aromatic rings. The Morgan fingerprint density at radius 3 is 2.04 bits per heavy atom. The number of hydrogen-bond donors (Lipinski definition) is 1. The Morgan fingerprint density at radius 2 is 1.16 bits per heavy atom. The topological polar surface area (TPSA) is 46.5 Å². The fourth-order valence-corrected chi connectivity index (χ4v) is 7.96. The van der Waals surface area contributed by atoms with Crippen LogP contribution in [-0.4, -0.2) is 19.5 Å². The minimum Gasteiger partial charge on any atom is -0.354 e. The molecule has 0 fully saturated rings. The molecule has 0 saturated heterocycles. The molecule has 10 rings (SSSR count). The smallest absolute Gasteiger partial charge is 0.235 e. The van der Waals surface area contributed by atoms with Gasteiger partial charge < -0.3 is 4.98 Å². The normalized spacial score (nSPS) is 11.8. The summed E-state index contributed by atoms with van der Waals surface area (Å²) in [7, 11) is 0. The van der Waals surface area contributed by atoms with Crippen molar-refractivity contribution in [3.05, 3.63) is 162 Å². The van der Waals surface area contributed by atoms with Crippen LogP contribution in [0.5, 0.6) is 0 Å². The van der Waals surface area contributed by atoms with Gasteiger partial charge in [-0.15, -0.1) is 0 Å². The number of benzene rings is 7. The van der Waals surface area contributed by atoms with Gasteiger partial charge in [-0.25, -0.2) is 9.97 Å². The average Bonchev–Trinajstić information content (AvgIpc) is 3.68. The number of H-pyrrole nitrogens is 1. The summed E-state index contributed by atoms with van der Waals surface area (Å²) in [5, 5.41) is 6.97. The number of nitrogens with one attached hydrogen (secondary N) is 1. The summed E-state index contributed by atoms with van der Waals surface area (Å²) in [6, 6.07) is 55.6. The van der Waals surface area contributed by atoms with Crippen LogP contribution in [0.3, 0.4) is 0 Å². The van der Waals surface area contributed by atoms with Gasteiger partial charge in [-0.1, -0.05) is 121 Å². The Hall–Kier alpha value is -6.04. The van der Waals surface area contributed by atoms with Crippen LogP contribution in [0.15, 0.2) is 162 Å². The van der Waals surface area contributed by atoms with Gasteiger partial charge >= 0.3 is 0 Å². The minimum atomic E-state index is 0.662. The first-order valence-corrected chi connectivity index (χ1v) is 17.2. The Morgan fingerprint density at radius 1 is 0.490 bits per heavy atom. The fraction of sp³-hybridized carbons (Fsp3) is 0.